The van der Waals surface area contributed by atoms with Gasteiger partial charge >= 0.3 is 88.7 Å². The number of allylic oxidation sites excluding steroid dienone is 6. The van der Waals surface area contributed by atoms with Crippen molar-refractivity contribution in [3.63, 3.8) is 0 Å². The number of hydrogen-bond donors (Lipinski definition) is 0. The average Bonchev–Trinajstić information content (AvgIpc) is 0.783. The largest absolute Gasteiger partial charge is 1.00 e. The van der Waals surface area contributed by atoms with E-state index in [1.165, 1.54) is 650 Å². The number of unbranched alkanes of at least 4 members (excludes halogenated alkanes) is 82. The standard InChI is InChI=1S/C61H118.3C20H40.C6H14.3Na.3H/c1-10-13-16-19-22-25-28-31-33-36-39-42-45-48-51-54-57(5)60(8)61(9,58(6)55-52-49-46-43-40-37-34-32-29-26-23-20-17-14-11-2)59(7)56(4)53-50-47-44-41-38-35-30-27-24-21-18-15-12-3;3*1-4-5-6-7-8-9-10-11-12-13-14-15-16-17-18-19-20(2)3;1-4-6(3)5-2;;;;;;/h59-60H,4-6,10-55H2,1-3,7-9H3;3*2,4-19H2,1,3H3;6H,4-5H2,1-3H3;;;;;;/q;;;;;3*+1;3*-1. The Labute approximate surface area is 900 Å². The number of rotatable bonds is 101. The topological polar surface area (TPSA) is 0 Å². The van der Waals surface area contributed by atoms with E-state index in [9.17, 15) is 0 Å². The van der Waals surface area contributed by atoms with Gasteiger partial charge in [-0.2, -0.15) is 0 Å². The zero-order valence-electron chi connectivity index (χ0n) is 98.4. The summed E-state index contributed by atoms with van der Waals surface area (Å²) in [5.74, 6) is 1.83. The first-order valence-corrected chi connectivity index (χ1v) is 59.9. The van der Waals surface area contributed by atoms with Crippen LogP contribution in [0.15, 0.2) is 72.9 Å². The molecule has 0 aliphatic carbocycles. The van der Waals surface area contributed by atoms with Crippen LogP contribution in [0.4, 0.5) is 0 Å². The van der Waals surface area contributed by atoms with Gasteiger partial charge in [0.2, 0.25) is 0 Å². The first-order valence-electron chi connectivity index (χ1n) is 59.9. The maximum absolute atomic E-state index is 4.90. The molecule has 3 heteroatoms. The van der Waals surface area contributed by atoms with E-state index in [1.807, 2.05) is 0 Å². The third kappa shape index (κ3) is 124. The predicted molar refractivity (Wildman–Crippen MR) is 599 cm³/mol. The summed E-state index contributed by atoms with van der Waals surface area (Å²) in [6, 6.07) is 0. The van der Waals surface area contributed by atoms with Crippen LogP contribution in [0.5, 0.6) is 0 Å². The van der Waals surface area contributed by atoms with Crippen molar-refractivity contribution in [2.24, 2.45) is 23.2 Å². The minimum absolute atomic E-state index is 0. The van der Waals surface area contributed by atoms with Gasteiger partial charge in [0.05, 0.1) is 0 Å². The van der Waals surface area contributed by atoms with Gasteiger partial charge in [0, 0.05) is 5.41 Å². The fraction of sp³-hybridized carbons (Fsp3) is 0.906. The van der Waals surface area contributed by atoms with Crippen LogP contribution in [-0.4, -0.2) is 0 Å². The van der Waals surface area contributed by atoms with E-state index in [-0.39, 0.29) is 98.4 Å². The molecule has 0 fully saturated rings. The van der Waals surface area contributed by atoms with E-state index in [0.717, 1.165) is 5.92 Å². The van der Waals surface area contributed by atoms with Crippen LogP contribution in [0.2, 0.25) is 0 Å². The average molecular weight is 1850 g/mol. The normalized spacial score (nSPS) is 11.9. The van der Waals surface area contributed by atoms with Crippen LogP contribution in [-0.2, 0) is 0 Å². The van der Waals surface area contributed by atoms with Gasteiger partial charge in [0.25, 0.3) is 0 Å². The van der Waals surface area contributed by atoms with Crippen molar-refractivity contribution in [3.05, 3.63) is 72.9 Å². The molecule has 0 aromatic heterocycles. The minimum atomic E-state index is 0. The van der Waals surface area contributed by atoms with Gasteiger partial charge in [-0.1, -0.05) is 676 Å². The fourth-order valence-electron chi connectivity index (χ4n) is 19.0. The molecule has 0 rings (SSSR count). The van der Waals surface area contributed by atoms with Gasteiger partial charge in [-0.25, -0.2) is 0 Å². The Kier molecular flexibility index (Phi) is 145. The molecule has 0 amide bonds. The summed E-state index contributed by atoms with van der Waals surface area (Å²) in [5.41, 5.74) is 8.49. The van der Waals surface area contributed by atoms with Crippen molar-refractivity contribution in [3.8, 4) is 0 Å². The molecule has 766 valence electrons. The molecule has 0 bridgehead atoms. The third-order valence-electron chi connectivity index (χ3n) is 29.6. The van der Waals surface area contributed by atoms with Crippen molar-refractivity contribution >= 4 is 0 Å². The molecule has 0 radical (unpaired) electrons. The van der Waals surface area contributed by atoms with Gasteiger partial charge < -0.3 is 4.28 Å². The predicted octanol–water partition coefficient (Wildman–Crippen LogP) is 40.2. The van der Waals surface area contributed by atoms with Gasteiger partial charge in [-0.3, -0.25) is 0 Å². The molecule has 0 aromatic rings. The maximum Gasteiger partial charge on any atom is 1.00 e. The summed E-state index contributed by atoms with van der Waals surface area (Å²) in [7, 11) is 0. The van der Waals surface area contributed by atoms with Crippen molar-refractivity contribution in [2.75, 3.05) is 0 Å². The summed E-state index contributed by atoms with van der Waals surface area (Å²) in [6.45, 7) is 60.9. The van der Waals surface area contributed by atoms with E-state index in [1.54, 1.807) is 0 Å². The van der Waals surface area contributed by atoms with Crippen LogP contribution >= 0.6 is 0 Å². The molecule has 0 heterocycles. The Morgan fingerprint density at radius 3 is 0.392 bits per heavy atom. The molecule has 0 aliphatic heterocycles. The molecule has 0 saturated carbocycles. The van der Waals surface area contributed by atoms with Gasteiger partial charge in [0.1, 0.15) is 0 Å². The molecule has 0 aliphatic rings. The molecule has 0 N–H and O–H groups in total. The fourth-order valence-corrected chi connectivity index (χ4v) is 19.0. The van der Waals surface area contributed by atoms with Crippen molar-refractivity contribution in [1.29, 1.82) is 0 Å². The van der Waals surface area contributed by atoms with Crippen LogP contribution in [0.25, 0.3) is 0 Å². The van der Waals surface area contributed by atoms with E-state index in [4.69, 9.17) is 19.7 Å². The number of hydrogen-bond acceptors (Lipinski definition) is 0. The molecule has 0 saturated heterocycles. The second-order valence-corrected chi connectivity index (χ2v) is 42.9. The van der Waals surface area contributed by atoms with Crippen LogP contribution in [0, 0.1) is 23.2 Å². The molecular formula is C127H255Na3. The van der Waals surface area contributed by atoms with Crippen molar-refractivity contribution < 1.29 is 93.0 Å². The molecule has 3 unspecified atom stereocenters. The second kappa shape index (κ2) is 128. The summed E-state index contributed by atoms with van der Waals surface area (Å²) < 4.78 is 0. The zero-order valence-corrected chi connectivity index (χ0v) is 101. The maximum atomic E-state index is 4.90. The van der Waals surface area contributed by atoms with Crippen LogP contribution < -0.4 is 88.7 Å². The molecular weight excluding hydrogens is 1590 g/mol. The first kappa shape index (κ1) is 147. The smallest absolute Gasteiger partial charge is 1.00 e. The third-order valence-corrected chi connectivity index (χ3v) is 29.6. The summed E-state index contributed by atoms with van der Waals surface area (Å²) in [5, 5.41) is 0. The summed E-state index contributed by atoms with van der Waals surface area (Å²) in [6.07, 6.45) is 136. The zero-order chi connectivity index (χ0) is 94.6. The minimum Gasteiger partial charge on any atom is -1.00 e. The molecule has 0 nitrogen and oxygen atoms in total. The Morgan fingerprint density at radius 2 is 0.285 bits per heavy atom. The van der Waals surface area contributed by atoms with E-state index >= 15 is 0 Å². The molecule has 3 atom stereocenters. The Bertz CT molecular complexity index is 2030. The monoisotopic (exact) mass is 1850 g/mol. The van der Waals surface area contributed by atoms with E-state index in [2.05, 4.69) is 124 Å². The Hall–Kier alpha value is 1.44. The quantitative estimate of drug-likeness (QED) is 0.0323. The van der Waals surface area contributed by atoms with Gasteiger partial charge in [-0.15, -0.1) is 19.7 Å². The van der Waals surface area contributed by atoms with Gasteiger partial charge in [0.15, 0.2) is 0 Å². The Balaban J connectivity index is -0.000000187. The van der Waals surface area contributed by atoms with E-state index < -0.39 is 0 Å². The van der Waals surface area contributed by atoms with Gasteiger partial charge in [-0.05, 0) is 116 Å². The van der Waals surface area contributed by atoms with Crippen molar-refractivity contribution in [2.45, 2.75) is 720 Å². The molecule has 0 aromatic carbocycles. The summed E-state index contributed by atoms with van der Waals surface area (Å²) in [4.78, 5) is 0. The molecule has 0 spiro atoms. The van der Waals surface area contributed by atoms with Crippen LogP contribution in [0.1, 0.15) is 725 Å². The Morgan fingerprint density at radius 1 is 0.177 bits per heavy atom. The SMILES string of the molecule is C=C(C)CCCCCCCCCCCCCCCCC.C=C(C)CCCCCCCCCCCCCCCCC.C=C(C)CCCCCCCCCCCCCCCCC.C=C(CCCCCCCCCCCCCCC)C(C)C(C)(C(=C)CCCCCCCCCCCCCCCCC)C(C)C(=C)CCCCCCCCCCCCCCCCC.CCC(C)CC.[H-].[H-].[H-].[Na+].[Na+].[Na+]. The molecule has 130 heavy (non-hydrogen) atoms. The summed E-state index contributed by atoms with van der Waals surface area (Å²) >= 11 is 0. The van der Waals surface area contributed by atoms with Crippen molar-refractivity contribution in [1.82, 2.24) is 0 Å². The van der Waals surface area contributed by atoms with E-state index in [0.29, 0.717) is 11.8 Å². The second-order valence-electron chi connectivity index (χ2n) is 42.9. The van der Waals surface area contributed by atoms with Crippen LogP contribution in [0.3, 0.4) is 0 Å². The first-order chi connectivity index (χ1) is 61.9.